The fraction of sp³-hybridized carbons (Fsp3) is 0.857. The normalized spacial score (nSPS) is 13.8. The molecule has 3 atom stereocenters. The minimum Gasteiger partial charge on any atom is -0.480 e. The molecule has 12 heteroatoms. The van der Waals surface area contributed by atoms with Crippen molar-refractivity contribution in [2.45, 2.75) is 251 Å². The molecule has 0 aromatic rings. The van der Waals surface area contributed by atoms with Gasteiger partial charge in [-0.15, -0.1) is 0 Å². The summed E-state index contributed by atoms with van der Waals surface area (Å²) in [6.45, 7) is 2.82. The fourth-order valence-electron chi connectivity index (χ4n) is 7.04. The summed E-state index contributed by atoms with van der Waals surface area (Å²) in [5, 5.41) is 8.91. The molecule has 0 fully saturated rings. The first-order valence-electron chi connectivity index (χ1n) is 24.9. The Bertz CT molecular complexity index is 1130. The molecular weight excluding hydrogens is 794 g/mol. The molecular formula is C49H92NO10P. The minimum absolute atomic E-state index is 0.165. The molecule has 0 saturated carbocycles. The molecule has 0 heterocycles. The van der Waals surface area contributed by atoms with Gasteiger partial charge in [0.2, 0.25) is 0 Å². The molecule has 0 spiro atoms. The van der Waals surface area contributed by atoms with Gasteiger partial charge >= 0.3 is 25.7 Å². The van der Waals surface area contributed by atoms with Gasteiger partial charge < -0.3 is 25.2 Å². The van der Waals surface area contributed by atoms with Crippen molar-refractivity contribution < 1.29 is 47.5 Å². The number of rotatable bonds is 47. The van der Waals surface area contributed by atoms with Gasteiger partial charge in [0.1, 0.15) is 12.6 Å². The van der Waals surface area contributed by atoms with Crippen LogP contribution in [-0.2, 0) is 37.5 Å². The first kappa shape index (κ1) is 59.0. The molecule has 0 bridgehead atoms. The van der Waals surface area contributed by atoms with Gasteiger partial charge in [0.25, 0.3) is 0 Å². The van der Waals surface area contributed by atoms with E-state index in [0.29, 0.717) is 12.8 Å². The quantitative estimate of drug-likeness (QED) is 0.0230. The van der Waals surface area contributed by atoms with E-state index in [2.05, 4.69) is 42.7 Å². The number of allylic oxidation sites excluding steroid dienone is 4. The van der Waals surface area contributed by atoms with Gasteiger partial charge in [-0.05, 0) is 44.9 Å². The minimum atomic E-state index is -4.72. The van der Waals surface area contributed by atoms with E-state index in [4.69, 9.17) is 24.8 Å². The van der Waals surface area contributed by atoms with E-state index in [9.17, 15) is 23.8 Å². The summed E-state index contributed by atoms with van der Waals surface area (Å²) in [5.74, 6) is -2.37. The Labute approximate surface area is 372 Å². The van der Waals surface area contributed by atoms with Crippen molar-refractivity contribution in [1.29, 1.82) is 0 Å². The van der Waals surface area contributed by atoms with Gasteiger partial charge in [-0.25, -0.2) is 4.57 Å². The summed E-state index contributed by atoms with van der Waals surface area (Å²) in [5.41, 5.74) is 5.35. The molecule has 0 aliphatic rings. The van der Waals surface area contributed by atoms with Crippen molar-refractivity contribution in [1.82, 2.24) is 0 Å². The van der Waals surface area contributed by atoms with Crippen molar-refractivity contribution in [2.75, 3.05) is 19.8 Å². The number of unbranched alkanes of at least 4 members (excludes halogenated alkanes) is 29. The molecule has 358 valence electrons. The van der Waals surface area contributed by atoms with Crippen LogP contribution in [0.1, 0.15) is 239 Å². The van der Waals surface area contributed by atoms with Crippen LogP contribution in [0.3, 0.4) is 0 Å². The number of ether oxygens (including phenoxy) is 2. The number of carboxylic acid groups (broad SMARTS) is 1. The predicted octanol–water partition coefficient (Wildman–Crippen LogP) is 13.8. The fourth-order valence-corrected chi connectivity index (χ4v) is 7.82. The highest BCUT2D eigenvalue weighted by Crippen LogP contribution is 2.43. The van der Waals surface area contributed by atoms with Crippen molar-refractivity contribution in [2.24, 2.45) is 5.73 Å². The number of esters is 2. The van der Waals surface area contributed by atoms with E-state index in [1.807, 2.05) is 0 Å². The Morgan fingerprint density at radius 2 is 0.869 bits per heavy atom. The number of hydrogen-bond acceptors (Lipinski definition) is 9. The van der Waals surface area contributed by atoms with Crippen LogP contribution in [0.2, 0.25) is 0 Å². The van der Waals surface area contributed by atoms with E-state index >= 15 is 0 Å². The Hall–Kier alpha value is -2.04. The first-order chi connectivity index (χ1) is 29.6. The van der Waals surface area contributed by atoms with Crippen LogP contribution in [0.5, 0.6) is 0 Å². The van der Waals surface area contributed by atoms with E-state index < -0.39 is 51.1 Å². The highest BCUT2D eigenvalue weighted by Gasteiger charge is 2.28. The number of carboxylic acids is 1. The summed E-state index contributed by atoms with van der Waals surface area (Å²) >= 11 is 0. The number of carbonyl (C=O) groups is 3. The number of nitrogens with two attached hydrogens (primary N) is 1. The number of carbonyl (C=O) groups excluding carboxylic acids is 2. The van der Waals surface area contributed by atoms with Gasteiger partial charge in [-0.2, -0.15) is 0 Å². The summed E-state index contributed by atoms with van der Waals surface area (Å²) in [6.07, 6.45) is 48.0. The molecule has 0 aromatic carbocycles. The van der Waals surface area contributed by atoms with E-state index in [0.717, 1.165) is 51.4 Å². The lowest BCUT2D eigenvalue weighted by Crippen LogP contribution is -2.34. The van der Waals surface area contributed by atoms with Crippen LogP contribution < -0.4 is 5.73 Å². The maximum Gasteiger partial charge on any atom is 0.472 e. The number of aliphatic carboxylic acids is 1. The van der Waals surface area contributed by atoms with Gasteiger partial charge in [0, 0.05) is 12.8 Å². The van der Waals surface area contributed by atoms with E-state index in [1.165, 1.54) is 148 Å². The SMILES string of the molecule is CCCCC/C=C\C/C=C\CCCCCCCCCCCC(=O)OC[C@H](COP(=O)(O)OC[C@H](N)C(=O)O)OC(=O)CCCCCCCCCCCCCCCCCCCC. The second kappa shape index (κ2) is 44.6. The topological polar surface area (TPSA) is 172 Å². The maximum absolute atomic E-state index is 12.7. The first-order valence-corrected chi connectivity index (χ1v) is 26.4. The monoisotopic (exact) mass is 886 g/mol. The summed E-state index contributed by atoms with van der Waals surface area (Å²) < 4.78 is 32.8. The standard InChI is InChI=1S/C49H92NO10P/c1-3-5-7-9-11-13-15-17-19-21-23-25-26-28-30-32-34-36-38-40-47(51)57-42-45(43-58-61(55,56)59-44-46(50)49(53)54)60-48(52)41-39-37-35-33-31-29-27-24-22-20-18-16-14-12-10-8-6-4-2/h11,13,17,19,45-46H,3-10,12,14-16,18,20-44,50H2,1-2H3,(H,53,54)(H,55,56)/b13-11-,19-17-/t45-,46+/m1/s1. The van der Waals surface area contributed by atoms with Crippen LogP contribution in [0.25, 0.3) is 0 Å². The molecule has 0 aliphatic carbocycles. The molecule has 0 aromatic heterocycles. The Balaban J connectivity index is 4.25. The zero-order valence-corrected chi connectivity index (χ0v) is 39.9. The number of phosphoric ester groups is 1. The Morgan fingerprint density at radius 1 is 0.508 bits per heavy atom. The van der Waals surface area contributed by atoms with Crippen LogP contribution in [0, 0.1) is 0 Å². The second-order valence-corrected chi connectivity index (χ2v) is 18.4. The third-order valence-electron chi connectivity index (χ3n) is 11.0. The highest BCUT2D eigenvalue weighted by molar-refractivity contribution is 7.47. The van der Waals surface area contributed by atoms with Crippen LogP contribution in [0.4, 0.5) is 0 Å². The highest BCUT2D eigenvalue weighted by atomic mass is 31.2. The second-order valence-electron chi connectivity index (χ2n) is 17.0. The molecule has 0 rings (SSSR count). The summed E-state index contributed by atoms with van der Waals surface area (Å²) in [7, 11) is -4.72. The molecule has 0 amide bonds. The van der Waals surface area contributed by atoms with Gasteiger partial charge in [0.15, 0.2) is 6.10 Å². The predicted molar refractivity (Wildman–Crippen MR) is 249 cm³/mol. The zero-order valence-electron chi connectivity index (χ0n) is 39.0. The Morgan fingerprint density at radius 3 is 1.31 bits per heavy atom. The average Bonchev–Trinajstić information content (AvgIpc) is 3.24. The van der Waals surface area contributed by atoms with Crippen molar-refractivity contribution in [3.05, 3.63) is 24.3 Å². The third-order valence-corrected chi connectivity index (χ3v) is 11.9. The maximum atomic E-state index is 12.7. The Kier molecular flexibility index (Phi) is 43.1. The van der Waals surface area contributed by atoms with Crippen molar-refractivity contribution >= 4 is 25.7 Å². The lowest BCUT2D eigenvalue weighted by molar-refractivity contribution is -0.161. The molecule has 0 saturated heterocycles. The third kappa shape index (κ3) is 44.4. The zero-order chi connectivity index (χ0) is 44.9. The van der Waals surface area contributed by atoms with Crippen molar-refractivity contribution in [3.63, 3.8) is 0 Å². The lowest BCUT2D eigenvalue weighted by Gasteiger charge is -2.20. The molecule has 1 unspecified atom stereocenters. The van der Waals surface area contributed by atoms with Crippen LogP contribution >= 0.6 is 7.82 Å². The average molecular weight is 886 g/mol. The van der Waals surface area contributed by atoms with E-state index in [-0.39, 0.29) is 19.4 Å². The number of phosphoric acid groups is 1. The van der Waals surface area contributed by atoms with Crippen LogP contribution in [-0.4, -0.2) is 59.9 Å². The van der Waals surface area contributed by atoms with Gasteiger partial charge in [0.05, 0.1) is 13.2 Å². The summed E-state index contributed by atoms with van der Waals surface area (Å²) in [6, 6.07) is -1.52. The van der Waals surface area contributed by atoms with Crippen molar-refractivity contribution in [3.8, 4) is 0 Å². The largest absolute Gasteiger partial charge is 0.480 e. The molecule has 0 aliphatic heterocycles. The lowest BCUT2D eigenvalue weighted by atomic mass is 10.0. The smallest absolute Gasteiger partial charge is 0.472 e. The van der Waals surface area contributed by atoms with Gasteiger partial charge in [-0.1, -0.05) is 205 Å². The number of hydrogen-bond donors (Lipinski definition) is 3. The molecule has 4 N–H and O–H groups in total. The molecule has 61 heavy (non-hydrogen) atoms. The molecule has 11 nitrogen and oxygen atoms in total. The van der Waals surface area contributed by atoms with Crippen LogP contribution in [0.15, 0.2) is 24.3 Å². The van der Waals surface area contributed by atoms with Gasteiger partial charge in [-0.3, -0.25) is 23.4 Å². The molecule has 0 radical (unpaired) electrons. The van der Waals surface area contributed by atoms with E-state index in [1.54, 1.807) is 0 Å². The summed E-state index contributed by atoms with van der Waals surface area (Å²) in [4.78, 5) is 46.1.